The predicted octanol–water partition coefficient (Wildman–Crippen LogP) is 3.80. The Bertz CT molecular complexity index is 1120. The number of aromatic nitrogens is 2. The van der Waals surface area contributed by atoms with E-state index in [2.05, 4.69) is 20.4 Å². The number of hydrogen-bond donors (Lipinski definition) is 2. The van der Waals surface area contributed by atoms with Gasteiger partial charge < -0.3 is 15.6 Å². The number of anilines is 1. The van der Waals surface area contributed by atoms with Crippen LogP contribution >= 0.6 is 11.6 Å². The number of halogens is 1. The summed E-state index contributed by atoms with van der Waals surface area (Å²) in [5.74, 6) is 0.628. The van der Waals surface area contributed by atoms with Crippen LogP contribution in [-0.4, -0.2) is 39.4 Å². The van der Waals surface area contributed by atoms with Crippen molar-refractivity contribution >= 4 is 29.1 Å². The third-order valence-electron chi connectivity index (χ3n) is 5.65. The standard InChI is InChI=1S/C24H26ClN5O3/c25-18-11-9-17(10-12-18)24-28-22(33-29-24)8-2-7-21(31)27-19-5-1-4-16(14-19)15-30-13-3-6-20(30)23(26)32/h1,4-5,9-12,14,20H,2-3,6-8,13,15H2,(H2,26,32)(H,27,31). The number of hydrogen-bond acceptors (Lipinski definition) is 6. The maximum absolute atomic E-state index is 12.4. The molecule has 2 aromatic carbocycles. The highest BCUT2D eigenvalue weighted by molar-refractivity contribution is 6.30. The molecule has 1 saturated heterocycles. The molecule has 1 fully saturated rings. The summed E-state index contributed by atoms with van der Waals surface area (Å²) in [6.07, 6.45) is 3.19. The molecule has 1 aliphatic heterocycles. The van der Waals surface area contributed by atoms with Gasteiger partial charge in [0.25, 0.3) is 0 Å². The zero-order valence-corrected chi connectivity index (χ0v) is 18.9. The SMILES string of the molecule is NC(=O)C1CCCN1Cc1cccc(NC(=O)CCCc2nc(-c3ccc(Cl)cc3)no2)c1. The molecule has 1 aliphatic rings. The Morgan fingerprint density at radius 1 is 1.21 bits per heavy atom. The van der Waals surface area contributed by atoms with E-state index in [1.807, 2.05) is 36.4 Å². The van der Waals surface area contributed by atoms with Gasteiger partial charge in [-0.25, -0.2) is 0 Å². The lowest BCUT2D eigenvalue weighted by atomic mass is 10.1. The zero-order chi connectivity index (χ0) is 23.2. The van der Waals surface area contributed by atoms with Gasteiger partial charge in [0.15, 0.2) is 0 Å². The molecule has 0 bridgehead atoms. The number of carbonyl (C=O) groups is 2. The lowest BCUT2D eigenvalue weighted by Gasteiger charge is -2.22. The summed E-state index contributed by atoms with van der Waals surface area (Å²) in [5, 5.41) is 7.57. The maximum Gasteiger partial charge on any atom is 0.234 e. The molecule has 0 aliphatic carbocycles. The summed E-state index contributed by atoms with van der Waals surface area (Å²) in [6, 6.07) is 14.7. The van der Waals surface area contributed by atoms with Gasteiger partial charge in [0.2, 0.25) is 23.5 Å². The number of nitrogens with two attached hydrogens (primary N) is 1. The Hall–Kier alpha value is -3.23. The van der Waals surface area contributed by atoms with Crippen molar-refractivity contribution in [1.82, 2.24) is 15.0 Å². The van der Waals surface area contributed by atoms with Crippen molar-refractivity contribution in [2.75, 3.05) is 11.9 Å². The molecular formula is C24H26ClN5O3. The van der Waals surface area contributed by atoms with Gasteiger partial charge in [0.05, 0.1) is 6.04 Å². The van der Waals surface area contributed by atoms with Crippen LogP contribution in [-0.2, 0) is 22.6 Å². The predicted molar refractivity (Wildman–Crippen MR) is 125 cm³/mol. The Kier molecular flexibility index (Phi) is 7.36. The number of likely N-dealkylation sites (tertiary alicyclic amines) is 1. The van der Waals surface area contributed by atoms with Crippen LogP contribution in [0.2, 0.25) is 5.02 Å². The van der Waals surface area contributed by atoms with Crippen LogP contribution < -0.4 is 11.1 Å². The van der Waals surface area contributed by atoms with Gasteiger partial charge in [-0.05, 0) is 67.8 Å². The van der Waals surface area contributed by atoms with Crippen LogP contribution in [0.15, 0.2) is 53.1 Å². The first-order chi connectivity index (χ1) is 16.0. The number of nitrogens with zero attached hydrogens (tertiary/aromatic N) is 3. The van der Waals surface area contributed by atoms with E-state index in [1.54, 1.807) is 12.1 Å². The fraction of sp³-hybridized carbons (Fsp3) is 0.333. The van der Waals surface area contributed by atoms with Crippen molar-refractivity contribution in [3.8, 4) is 11.4 Å². The quantitative estimate of drug-likeness (QED) is 0.494. The first-order valence-corrected chi connectivity index (χ1v) is 11.4. The van der Waals surface area contributed by atoms with E-state index in [4.69, 9.17) is 21.9 Å². The van der Waals surface area contributed by atoms with E-state index in [-0.39, 0.29) is 17.9 Å². The number of carbonyl (C=O) groups excluding carboxylic acids is 2. The van der Waals surface area contributed by atoms with Gasteiger partial charge >= 0.3 is 0 Å². The van der Waals surface area contributed by atoms with Crippen molar-refractivity contribution in [2.45, 2.75) is 44.7 Å². The lowest BCUT2D eigenvalue weighted by Crippen LogP contribution is -2.39. The van der Waals surface area contributed by atoms with Gasteiger partial charge in [-0.2, -0.15) is 4.98 Å². The van der Waals surface area contributed by atoms with E-state index < -0.39 is 0 Å². The van der Waals surface area contributed by atoms with Crippen molar-refractivity contribution in [3.05, 3.63) is 65.0 Å². The van der Waals surface area contributed by atoms with E-state index in [0.29, 0.717) is 42.5 Å². The molecule has 9 heteroatoms. The fourth-order valence-electron chi connectivity index (χ4n) is 4.02. The second-order valence-electron chi connectivity index (χ2n) is 8.15. The van der Waals surface area contributed by atoms with Crippen LogP contribution in [0, 0.1) is 0 Å². The van der Waals surface area contributed by atoms with Crippen LogP contribution in [0.25, 0.3) is 11.4 Å². The number of rotatable bonds is 9. The summed E-state index contributed by atoms with van der Waals surface area (Å²) < 4.78 is 5.29. The molecule has 1 atom stereocenters. The van der Waals surface area contributed by atoms with Crippen LogP contribution in [0.3, 0.4) is 0 Å². The molecule has 3 aromatic rings. The summed E-state index contributed by atoms with van der Waals surface area (Å²) in [4.78, 5) is 30.5. The smallest absolute Gasteiger partial charge is 0.234 e. The Morgan fingerprint density at radius 3 is 2.82 bits per heavy atom. The largest absolute Gasteiger partial charge is 0.368 e. The van der Waals surface area contributed by atoms with Crippen molar-refractivity contribution in [3.63, 3.8) is 0 Å². The summed E-state index contributed by atoms with van der Waals surface area (Å²) in [6.45, 7) is 1.48. The number of amides is 2. The van der Waals surface area contributed by atoms with E-state index in [9.17, 15) is 9.59 Å². The average Bonchev–Trinajstić information content (AvgIpc) is 3.44. The highest BCUT2D eigenvalue weighted by atomic mass is 35.5. The number of nitrogens with one attached hydrogen (secondary N) is 1. The summed E-state index contributed by atoms with van der Waals surface area (Å²) >= 11 is 5.90. The molecule has 0 saturated carbocycles. The topological polar surface area (TPSA) is 114 Å². The molecule has 1 unspecified atom stereocenters. The maximum atomic E-state index is 12.4. The van der Waals surface area contributed by atoms with Gasteiger partial charge in [0, 0.05) is 35.7 Å². The van der Waals surface area contributed by atoms with Crippen LogP contribution in [0.1, 0.15) is 37.1 Å². The minimum Gasteiger partial charge on any atom is -0.368 e. The third-order valence-corrected chi connectivity index (χ3v) is 5.91. The van der Waals surface area contributed by atoms with E-state index >= 15 is 0 Å². The zero-order valence-electron chi connectivity index (χ0n) is 18.2. The van der Waals surface area contributed by atoms with E-state index in [0.717, 1.165) is 36.2 Å². The number of benzene rings is 2. The lowest BCUT2D eigenvalue weighted by molar-refractivity contribution is -0.122. The second-order valence-corrected chi connectivity index (χ2v) is 8.59. The third kappa shape index (κ3) is 6.18. The minimum absolute atomic E-state index is 0.0826. The first kappa shape index (κ1) is 22.9. The fourth-order valence-corrected chi connectivity index (χ4v) is 4.14. The van der Waals surface area contributed by atoms with Crippen molar-refractivity contribution in [2.24, 2.45) is 5.73 Å². The summed E-state index contributed by atoms with van der Waals surface area (Å²) in [5.41, 5.74) is 8.09. The van der Waals surface area contributed by atoms with Gasteiger partial charge in [-0.1, -0.05) is 28.9 Å². The molecule has 1 aromatic heterocycles. The molecule has 4 rings (SSSR count). The molecule has 2 heterocycles. The Balaban J connectivity index is 1.25. The van der Waals surface area contributed by atoms with E-state index in [1.165, 1.54) is 0 Å². The number of primary amides is 1. The molecule has 8 nitrogen and oxygen atoms in total. The van der Waals surface area contributed by atoms with Crippen LogP contribution in [0.4, 0.5) is 5.69 Å². The normalized spacial score (nSPS) is 16.1. The second kappa shape index (κ2) is 10.6. The Labute approximate surface area is 197 Å². The molecule has 2 amide bonds. The number of aryl methyl sites for hydroxylation is 1. The highest BCUT2D eigenvalue weighted by Gasteiger charge is 2.28. The molecule has 33 heavy (non-hydrogen) atoms. The highest BCUT2D eigenvalue weighted by Crippen LogP contribution is 2.22. The van der Waals surface area contributed by atoms with Crippen molar-refractivity contribution < 1.29 is 14.1 Å². The van der Waals surface area contributed by atoms with Gasteiger partial charge in [0.1, 0.15) is 0 Å². The van der Waals surface area contributed by atoms with Gasteiger partial charge in [-0.3, -0.25) is 14.5 Å². The average molecular weight is 468 g/mol. The van der Waals surface area contributed by atoms with Crippen LogP contribution in [0.5, 0.6) is 0 Å². The summed E-state index contributed by atoms with van der Waals surface area (Å²) in [7, 11) is 0. The minimum atomic E-state index is -0.279. The molecule has 172 valence electrons. The first-order valence-electron chi connectivity index (χ1n) is 11.0. The van der Waals surface area contributed by atoms with Crippen molar-refractivity contribution in [1.29, 1.82) is 0 Å². The Morgan fingerprint density at radius 2 is 2.03 bits per heavy atom. The monoisotopic (exact) mass is 467 g/mol. The van der Waals surface area contributed by atoms with Gasteiger partial charge in [-0.15, -0.1) is 0 Å². The molecule has 0 radical (unpaired) electrons. The molecule has 3 N–H and O–H groups in total. The molecular weight excluding hydrogens is 442 g/mol. The molecule has 0 spiro atoms.